The highest BCUT2D eigenvalue weighted by atomic mass is 35.5. The lowest BCUT2D eigenvalue weighted by molar-refractivity contribution is -0.119. The van der Waals surface area contributed by atoms with Gasteiger partial charge in [0.05, 0.1) is 12.0 Å². The van der Waals surface area contributed by atoms with E-state index in [4.69, 9.17) is 20.8 Å². The van der Waals surface area contributed by atoms with E-state index in [0.29, 0.717) is 0 Å². The molecular weight excluding hydrogens is 289 g/mol. The molecule has 0 spiro atoms. The van der Waals surface area contributed by atoms with Gasteiger partial charge in [0, 0.05) is 5.02 Å². The summed E-state index contributed by atoms with van der Waals surface area (Å²) < 4.78 is 22.8. The summed E-state index contributed by atoms with van der Waals surface area (Å²) in [5, 5.41) is 2.52. The number of rotatable bonds is 4. The molecule has 20 heavy (non-hydrogen) atoms. The fourth-order valence-corrected chi connectivity index (χ4v) is 1.55. The molecule has 0 atom stereocenters. The molecule has 7 heteroatoms. The zero-order valence-corrected chi connectivity index (χ0v) is 10.8. The van der Waals surface area contributed by atoms with Crippen LogP contribution < -0.4 is 5.32 Å². The summed E-state index contributed by atoms with van der Waals surface area (Å²) >= 11 is 5.68. The Hall–Kier alpha value is -2.34. The maximum atomic E-state index is 13.4. The number of carbonyl (C=O) groups excluding carboxylic acids is 2. The van der Waals surface area contributed by atoms with Gasteiger partial charge in [-0.15, -0.1) is 0 Å². The molecule has 1 N–H and O–H groups in total. The van der Waals surface area contributed by atoms with Gasteiger partial charge in [0.1, 0.15) is 5.82 Å². The molecule has 0 unspecified atom stereocenters. The summed E-state index contributed by atoms with van der Waals surface area (Å²) in [5.74, 6) is -2.13. The van der Waals surface area contributed by atoms with Crippen molar-refractivity contribution >= 4 is 29.2 Å². The standard InChI is InChI=1S/C13H9ClFNO4/c14-8-3-4-9(15)10(6-8)16-12(17)7-20-13(18)11-2-1-5-19-11/h1-6H,7H2,(H,16,17). The van der Waals surface area contributed by atoms with Crippen molar-refractivity contribution in [2.24, 2.45) is 0 Å². The lowest BCUT2D eigenvalue weighted by atomic mass is 10.3. The highest BCUT2D eigenvalue weighted by Crippen LogP contribution is 2.19. The minimum absolute atomic E-state index is 0.0215. The van der Waals surface area contributed by atoms with Crippen LogP contribution in [0.4, 0.5) is 10.1 Å². The second-order valence-corrected chi connectivity index (χ2v) is 4.16. The Morgan fingerprint density at radius 1 is 1.35 bits per heavy atom. The quantitative estimate of drug-likeness (QED) is 0.881. The van der Waals surface area contributed by atoms with Gasteiger partial charge in [-0.2, -0.15) is 0 Å². The molecule has 2 rings (SSSR count). The van der Waals surface area contributed by atoms with Crippen molar-refractivity contribution < 1.29 is 23.1 Å². The first kappa shape index (κ1) is 14.1. The number of nitrogens with one attached hydrogen (secondary N) is 1. The van der Waals surface area contributed by atoms with Crippen LogP contribution in [-0.2, 0) is 9.53 Å². The average molecular weight is 298 g/mol. The molecule has 104 valence electrons. The fraction of sp³-hybridized carbons (Fsp3) is 0.0769. The summed E-state index contributed by atoms with van der Waals surface area (Å²) in [6.45, 7) is -0.564. The predicted octanol–water partition coefficient (Wildman–Crippen LogP) is 2.87. The largest absolute Gasteiger partial charge is 0.457 e. The number of hydrogen-bond donors (Lipinski definition) is 1. The van der Waals surface area contributed by atoms with Crippen molar-refractivity contribution in [2.75, 3.05) is 11.9 Å². The number of amides is 1. The van der Waals surface area contributed by atoms with Gasteiger partial charge >= 0.3 is 5.97 Å². The number of benzene rings is 1. The monoisotopic (exact) mass is 297 g/mol. The Bertz CT molecular complexity index is 627. The van der Waals surface area contributed by atoms with E-state index in [2.05, 4.69) is 5.32 Å². The van der Waals surface area contributed by atoms with E-state index in [1.165, 1.54) is 30.5 Å². The van der Waals surface area contributed by atoms with Crippen molar-refractivity contribution in [3.05, 3.63) is 53.2 Å². The number of anilines is 1. The molecule has 1 heterocycles. The highest BCUT2D eigenvalue weighted by molar-refractivity contribution is 6.30. The number of halogens is 2. The average Bonchev–Trinajstić information content (AvgIpc) is 2.94. The van der Waals surface area contributed by atoms with Gasteiger partial charge in [0.15, 0.2) is 6.61 Å². The molecule has 0 fully saturated rings. The van der Waals surface area contributed by atoms with Crippen molar-refractivity contribution in [1.82, 2.24) is 0 Å². The van der Waals surface area contributed by atoms with Gasteiger partial charge < -0.3 is 14.5 Å². The minimum atomic E-state index is -0.781. The van der Waals surface area contributed by atoms with Crippen LogP contribution in [0.2, 0.25) is 5.02 Å². The number of hydrogen-bond acceptors (Lipinski definition) is 4. The fourth-order valence-electron chi connectivity index (χ4n) is 1.38. The molecule has 1 aromatic carbocycles. The van der Waals surface area contributed by atoms with Crippen LogP contribution in [-0.4, -0.2) is 18.5 Å². The van der Waals surface area contributed by atoms with E-state index < -0.39 is 24.3 Å². The third-order valence-corrected chi connectivity index (χ3v) is 2.49. The van der Waals surface area contributed by atoms with E-state index in [-0.39, 0.29) is 16.5 Å². The lowest BCUT2D eigenvalue weighted by Crippen LogP contribution is -2.21. The Kier molecular flexibility index (Phi) is 4.37. The summed E-state index contributed by atoms with van der Waals surface area (Å²) in [5.41, 5.74) is -0.0865. The SMILES string of the molecule is O=C(COC(=O)c1ccco1)Nc1cc(Cl)ccc1F. The van der Waals surface area contributed by atoms with Gasteiger partial charge in [-0.25, -0.2) is 9.18 Å². The third kappa shape index (κ3) is 3.58. The van der Waals surface area contributed by atoms with Crippen molar-refractivity contribution in [2.45, 2.75) is 0 Å². The van der Waals surface area contributed by atoms with Crippen LogP contribution in [0.3, 0.4) is 0 Å². The van der Waals surface area contributed by atoms with E-state index in [1.54, 1.807) is 0 Å². The maximum absolute atomic E-state index is 13.4. The van der Waals surface area contributed by atoms with Crippen LogP contribution in [0.15, 0.2) is 41.0 Å². The van der Waals surface area contributed by atoms with Gasteiger partial charge in [-0.3, -0.25) is 4.79 Å². The molecule has 5 nitrogen and oxygen atoms in total. The first-order chi connectivity index (χ1) is 9.56. The number of ether oxygens (including phenoxy) is 1. The molecule has 1 aromatic heterocycles. The van der Waals surface area contributed by atoms with Gasteiger partial charge in [0.2, 0.25) is 5.76 Å². The van der Waals surface area contributed by atoms with E-state index in [1.807, 2.05) is 0 Å². The molecule has 1 amide bonds. The molecular formula is C13H9ClFNO4. The Labute approximate surface area is 118 Å². The van der Waals surface area contributed by atoms with Crippen LogP contribution in [0.5, 0.6) is 0 Å². The minimum Gasteiger partial charge on any atom is -0.457 e. The topological polar surface area (TPSA) is 68.5 Å². The molecule has 0 aliphatic rings. The number of furan rings is 1. The van der Waals surface area contributed by atoms with E-state index >= 15 is 0 Å². The second kappa shape index (κ2) is 6.21. The molecule has 0 radical (unpaired) electrons. The normalized spacial score (nSPS) is 10.1. The molecule has 0 saturated heterocycles. The lowest BCUT2D eigenvalue weighted by Gasteiger charge is -2.07. The predicted molar refractivity (Wildman–Crippen MR) is 69.0 cm³/mol. The molecule has 0 aliphatic carbocycles. The van der Waals surface area contributed by atoms with Crippen molar-refractivity contribution in [3.63, 3.8) is 0 Å². The Balaban J connectivity index is 1.90. The van der Waals surface area contributed by atoms with E-state index in [0.717, 1.165) is 6.07 Å². The zero-order chi connectivity index (χ0) is 14.5. The summed E-state index contributed by atoms with van der Waals surface area (Å²) in [4.78, 5) is 22.9. The van der Waals surface area contributed by atoms with Crippen molar-refractivity contribution in [3.8, 4) is 0 Å². The molecule has 0 saturated carbocycles. The first-order valence-corrected chi connectivity index (χ1v) is 5.89. The second-order valence-electron chi connectivity index (χ2n) is 3.73. The summed E-state index contributed by atoms with van der Waals surface area (Å²) in [7, 11) is 0. The summed E-state index contributed by atoms with van der Waals surface area (Å²) in [6, 6.07) is 6.63. The Morgan fingerprint density at radius 2 is 2.15 bits per heavy atom. The van der Waals surface area contributed by atoms with Crippen LogP contribution >= 0.6 is 11.6 Å². The smallest absolute Gasteiger partial charge is 0.374 e. The van der Waals surface area contributed by atoms with Gasteiger partial charge in [-0.05, 0) is 30.3 Å². The molecule has 2 aromatic rings. The van der Waals surface area contributed by atoms with Crippen LogP contribution in [0.25, 0.3) is 0 Å². The van der Waals surface area contributed by atoms with Gasteiger partial charge in [-0.1, -0.05) is 11.6 Å². The number of carbonyl (C=O) groups is 2. The van der Waals surface area contributed by atoms with Crippen LogP contribution in [0, 0.1) is 5.82 Å². The zero-order valence-electron chi connectivity index (χ0n) is 10.1. The highest BCUT2D eigenvalue weighted by Gasteiger charge is 2.13. The summed E-state index contributed by atoms with van der Waals surface area (Å²) in [6.07, 6.45) is 1.30. The molecule has 0 bridgehead atoms. The maximum Gasteiger partial charge on any atom is 0.374 e. The Morgan fingerprint density at radius 3 is 2.85 bits per heavy atom. The van der Waals surface area contributed by atoms with E-state index in [9.17, 15) is 14.0 Å². The third-order valence-electron chi connectivity index (χ3n) is 2.26. The number of esters is 1. The molecule has 0 aliphatic heterocycles. The van der Waals surface area contributed by atoms with Crippen LogP contribution in [0.1, 0.15) is 10.6 Å². The van der Waals surface area contributed by atoms with Crippen molar-refractivity contribution in [1.29, 1.82) is 0 Å². The van der Waals surface area contributed by atoms with Gasteiger partial charge in [0.25, 0.3) is 5.91 Å². The first-order valence-electron chi connectivity index (χ1n) is 5.52.